The van der Waals surface area contributed by atoms with Crippen LogP contribution in [0.25, 0.3) is 22.2 Å². The van der Waals surface area contributed by atoms with Gasteiger partial charge in [-0.25, -0.2) is 9.97 Å². The lowest BCUT2D eigenvalue weighted by Crippen LogP contribution is -2.73. The van der Waals surface area contributed by atoms with E-state index in [1.165, 1.54) is 0 Å². The van der Waals surface area contributed by atoms with E-state index in [9.17, 15) is 4.79 Å². The smallest absolute Gasteiger partial charge is 0.255 e. The molecule has 170 valence electrons. The summed E-state index contributed by atoms with van der Waals surface area (Å²) in [5.74, 6) is 1.52. The number of carbonyl (C=O) groups excluding carboxylic acids is 1. The molecule has 0 saturated carbocycles. The molecule has 0 N–H and O–H groups in total. The highest BCUT2D eigenvalue weighted by Crippen LogP contribution is 2.42. The lowest BCUT2D eigenvalue weighted by molar-refractivity contribution is -0.0108. The first-order valence-corrected chi connectivity index (χ1v) is 11.3. The Morgan fingerprint density at radius 2 is 1.82 bits per heavy atom. The van der Waals surface area contributed by atoms with Crippen LogP contribution in [-0.2, 0) is 0 Å². The zero-order chi connectivity index (χ0) is 23.3. The van der Waals surface area contributed by atoms with Gasteiger partial charge in [0.25, 0.3) is 5.91 Å². The number of carbonyl (C=O) groups is 1. The van der Waals surface area contributed by atoms with Gasteiger partial charge in [-0.15, -0.1) is 0 Å². The van der Waals surface area contributed by atoms with Gasteiger partial charge in [0.05, 0.1) is 36.3 Å². The van der Waals surface area contributed by atoms with Crippen molar-refractivity contribution in [2.45, 2.75) is 6.92 Å². The quantitative estimate of drug-likeness (QED) is 0.469. The minimum absolute atomic E-state index is 0.0572. The van der Waals surface area contributed by atoms with Crippen molar-refractivity contribution in [3.05, 3.63) is 72.3 Å². The van der Waals surface area contributed by atoms with E-state index in [0.29, 0.717) is 11.4 Å². The van der Waals surface area contributed by atoms with Gasteiger partial charge in [-0.2, -0.15) is 0 Å². The minimum Gasteiger partial charge on any atom is -0.481 e. The van der Waals surface area contributed by atoms with E-state index in [0.717, 1.165) is 59.9 Å². The summed E-state index contributed by atoms with van der Waals surface area (Å²) in [5, 5.41) is 1.02. The fourth-order valence-corrected chi connectivity index (χ4v) is 4.84. The Kier molecular flexibility index (Phi) is 4.69. The second kappa shape index (κ2) is 7.76. The highest BCUT2D eigenvalue weighted by atomic mass is 16.5. The molecule has 2 aliphatic heterocycles. The summed E-state index contributed by atoms with van der Waals surface area (Å²) in [7, 11) is 1.62. The van der Waals surface area contributed by atoms with E-state index < -0.39 is 0 Å². The van der Waals surface area contributed by atoms with Crippen LogP contribution in [0.15, 0.2) is 61.1 Å². The molecule has 2 aliphatic rings. The van der Waals surface area contributed by atoms with Crippen LogP contribution in [0.5, 0.6) is 5.88 Å². The lowest BCUT2D eigenvalue weighted by atomic mass is 9.72. The third-order valence-electron chi connectivity index (χ3n) is 6.66. The number of nitrogens with zero attached hydrogens (tertiary/aromatic N) is 6. The Labute approximate surface area is 197 Å². The predicted molar refractivity (Wildman–Crippen MR) is 129 cm³/mol. The van der Waals surface area contributed by atoms with Crippen molar-refractivity contribution in [3.63, 3.8) is 0 Å². The average Bonchev–Trinajstić information content (AvgIpc) is 2.82. The van der Waals surface area contributed by atoms with Crippen LogP contribution in [0, 0.1) is 12.3 Å². The Balaban J connectivity index is 1.13. The molecule has 1 aromatic carbocycles. The molecule has 6 rings (SSSR count). The number of benzene rings is 1. The number of fused-ring (bicyclic) bond motifs is 1. The van der Waals surface area contributed by atoms with Gasteiger partial charge in [0.1, 0.15) is 5.82 Å². The van der Waals surface area contributed by atoms with Crippen LogP contribution in [-0.4, -0.2) is 64.0 Å². The average molecular weight is 453 g/mol. The molecular weight excluding hydrogens is 428 g/mol. The van der Waals surface area contributed by atoms with E-state index in [-0.39, 0.29) is 11.3 Å². The molecule has 0 aliphatic carbocycles. The second-order valence-corrected chi connectivity index (χ2v) is 9.23. The molecule has 3 aromatic heterocycles. The number of amides is 1. The van der Waals surface area contributed by atoms with E-state index in [4.69, 9.17) is 9.72 Å². The van der Waals surface area contributed by atoms with Gasteiger partial charge in [0.15, 0.2) is 0 Å². The zero-order valence-corrected chi connectivity index (χ0v) is 19.1. The molecule has 2 fully saturated rings. The van der Waals surface area contributed by atoms with Gasteiger partial charge in [-0.05, 0) is 37.3 Å². The third-order valence-corrected chi connectivity index (χ3v) is 6.66. The monoisotopic (exact) mass is 452 g/mol. The summed E-state index contributed by atoms with van der Waals surface area (Å²) in [4.78, 5) is 34.9. The van der Waals surface area contributed by atoms with Crippen LogP contribution < -0.4 is 9.64 Å². The molecule has 5 heterocycles. The summed E-state index contributed by atoms with van der Waals surface area (Å²) < 4.78 is 5.21. The van der Waals surface area contributed by atoms with Crippen LogP contribution in [0.1, 0.15) is 16.1 Å². The van der Waals surface area contributed by atoms with E-state index in [1.807, 2.05) is 54.4 Å². The number of pyridine rings is 2. The Morgan fingerprint density at radius 1 is 0.971 bits per heavy atom. The maximum atomic E-state index is 12.7. The van der Waals surface area contributed by atoms with Crippen molar-refractivity contribution in [2.75, 3.05) is 38.2 Å². The number of ether oxygens (including phenoxy) is 1. The number of rotatable bonds is 4. The summed E-state index contributed by atoms with van der Waals surface area (Å²) in [5.41, 5.74) is 4.42. The highest BCUT2D eigenvalue weighted by molar-refractivity contribution is 5.94. The first kappa shape index (κ1) is 20.5. The number of hydrogen-bond acceptors (Lipinski definition) is 7. The van der Waals surface area contributed by atoms with Gasteiger partial charge in [-0.3, -0.25) is 14.8 Å². The molecular formula is C26H24N6O2. The third kappa shape index (κ3) is 3.51. The lowest BCUT2D eigenvalue weighted by Gasteiger charge is -2.60. The molecule has 8 heteroatoms. The second-order valence-electron chi connectivity index (χ2n) is 9.23. The van der Waals surface area contributed by atoms with Crippen LogP contribution in [0.4, 0.5) is 5.82 Å². The van der Waals surface area contributed by atoms with E-state index in [1.54, 1.807) is 19.5 Å². The van der Waals surface area contributed by atoms with Crippen LogP contribution in [0.2, 0.25) is 0 Å². The predicted octanol–water partition coefficient (Wildman–Crippen LogP) is 3.37. The molecule has 8 nitrogen and oxygen atoms in total. The zero-order valence-electron chi connectivity index (χ0n) is 19.1. The Bertz CT molecular complexity index is 1390. The fraction of sp³-hybridized carbons (Fsp3) is 0.269. The fourth-order valence-electron chi connectivity index (χ4n) is 4.84. The topological polar surface area (TPSA) is 84.3 Å². The number of anilines is 1. The maximum Gasteiger partial charge on any atom is 0.255 e. The summed E-state index contributed by atoms with van der Waals surface area (Å²) in [6.45, 7) is 5.21. The van der Waals surface area contributed by atoms with E-state index >= 15 is 0 Å². The Morgan fingerprint density at radius 3 is 2.59 bits per heavy atom. The van der Waals surface area contributed by atoms with Gasteiger partial charge in [-0.1, -0.05) is 6.07 Å². The summed E-state index contributed by atoms with van der Waals surface area (Å²) in [6.07, 6.45) is 5.26. The molecule has 1 spiro atoms. The van der Waals surface area contributed by atoms with Crippen molar-refractivity contribution < 1.29 is 9.53 Å². The number of likely N-dealkylation sites (tertiary alicyclic amines) is 1. The molecule has 0 bridgehead atoms. The highest BCUT2D eigenvalue weighted by Gasteiger charge is 2.53. The van der Waals surface area contributed by atoms with Crippen LogP contribution >= 0.6 is 0 Å². The van der Waals surface area contributed by atoms with E-state index in [2.05, 4.69) is 25.9 Å². The molecule has 0 radical (unpaired) electrons. The van der Waals surface area contributed by atoms with Crippen molar-refractivity contribution >= 4 is 22.6 Å². The van der Waals surface area contributed by atoms with Gasteiger partial charge < -0.3 is 14.5 Å². The number of methoxy groups -OCH3 is 1. The first-order valence-electron chi connectivity index (χ1n) is 11.3. The van der Waals surface area contributed by atoms with Gasteiger partial charge >= 0.3 is 0 Å². The number of aromatic nitrogens is 4. The first-order chi connectivity index (χ1) is 16.5. The van der Waals surface area contributed by atoms with Crippen molar-refractivity contribution in [1.29, 1.82) is 0 Å². The van der Waals surface area contributed by atoms with Crippen LogP contribution in [0.3, 0.4) is 0 Å². The molecule has 0 atom stereocenters. The molecule has 0 unspecified atom stereocenters. The number of hydrogen-bond donors (Lipinski definition) is 0. The Hall–Kier alpha value is -4.07. The standard InChI is InChI=1S/C26H24N6O2/c1-17-3-4-20(10-28-17)25(33)32-15-26(16-32)13-31(14-26)23-12-27-11-22(29-23)19-5-7-21-18(9-19)6-8-24(30-21)34-2/h3-12H,13-16H2,1-2H3. The SMILES string of the molecule is COc1ccc2cc(-c3cncc(N4CC5(CN(C(=O)c6ccc(C)nc6)C5)C4)n3)ccc2n1. The molecule has 2 saturated heterocycles. The minimum atomic E-state index is 0.0572. The molecule has 1 amide bonds. The van der Waals surface area contributed by atoms with Crippen molar-refractivity contribution in [1.82, 2.24) is 24.8 Å². The largest absolute Gasteiger partial charge is 0.481 e. The van der Waals surface area contributed by atoms with Gasteiger partial charge in [0.2, 0.25) is 5.88 Å². The summed E-state index contributed by atoms with van der Waals surface area (Å²) in [6, 6.07) is 13.6. The molecule has 34 heavy (non-hydrogen) atoms. The normalized spacial score (nSPS) is 16.3. The van der Waals surface area contributed by atoms with Crippen molar-refractivity contribution in [2.24, 2.45) is 5.41 Å². The number of aryl methyl sites for hydroxylation is 1. The maximum absolute atomic E-state index is 12.7. The molecule has 4 aromatic rings. The van der Waals surface area contributed by atoms with Gasteiger partial charge in [0, 0.05) is 60.5 Å². The summed E-state index contributed by atoms with van der Waals surface area (Å²) >= 11 is 0. The van der Waals surface area contributed by atoms with Crippen molar-refractivity contribution in [3.8, 4) is 17.1 Å².